The molecule has 3 rings (SSSR count). The number of carbonyl (C=O) groups is 2. The van der Waals surface area contributed by atoms with Gasteiger partial charge in [0.05, 0.1) is 14.2 Å². The monoisotopic (exact) mass is 317 g/mol. The number of fused-ring (bicyclic) bond motifs is 2. The number of hydrogen-bond donors (Lipinski definition) is 1. The lowest BCUT2D eigenvalue weighted by Crippen LogP contribution is -2.40. The van der Waals surface area contributed by atoms with E-state index >= 15 is 0 Å². The van der Waals surface area contributed by atoms with E-state index < -0.39 is 0 Å². The van der Waals surface area contributed by atoms with Gasteiger partial charge in [-0.1, -0.05) is 6.42 Å². The zero-order chi connectivity index (χ0) is 16.4. The third kappa shape index (κ3) is 3.33. The number of methoxy groups -OCH3 is 2. The van der Waals surface area contributed by atoms with Crippen LogP contribution in [0.4, 0.5) is 5.69 Å². The number of rotatable bonds is 4. The highest BCUT2D eigenvalue weighted by molar-refractivity contribution is 5.95. The average molecular weight is 317 g/mol. The molecule has 2 aliphatic rings. The normalized spacial score (nSPS) is 26.5. The van der Waals surface area contributed by atoms with Crippen LogP contribution >= 0.6 is 0 Å². The molecule has 0 radical (unpaired) electrons. The number of nitrogens with one attached hydrogen (secondary N) is 1. The molecule has 2 fully saturated rings. The predicted octanol–water partition coefficient (Wildman–Crippen LogP) is 3.04. The molecule has 23 heavy (non-hydrogen) atoms. The summed E-state index contributed by atoms with van der Waals surface area (Å²) in [5, 5.41) is 2.95. The molecule has 0 spiro atoms. The molecule has 0 aromatic heterocycles. The molecule has 1 amide bonds. The van der Waals surface area contributed by atoms with Crippen LogP contribution in [-0.4, -0.2) is 25.9 Å². The lowest BCUT2D eigenvalue weighted by atomic mass is 9.67. The third-order valence-corrected chi connectivity index (χ3v) is 5.04. The summed E-state index contributed by atoms with van der Waals surface area (Å²) in [6.45, 7) is 0. The molecule has 124 valence electrons. The van der Waals surface area contributed by atoms with Crippen LogP contribution in [0.2, 0.25) is 0 Å². The van der Waals surface area contributed by atoms with Gasteiger partial charge in [-0.3, -0.25) is 9.59 Å². The van der Waals surface area contributed by atoms with Gasteiger partial charge in [-0.05, 0) is 25.7 Å². The Morgan fingerprint density at radius 1 is 1.04 bits per heavy atom. The van der Waals surface area contributed by atoms with Crippen molar-refractivity contribution < 1.29 is 19.1 Å². The first kappa shape index (κ1) is 15.8. The molecule has 1 aromatic carbocycles. The quantitative estimate of drug-likeness (QED) is 0.927. The number of ether oxygens (including phenoxy) is 2. The standard InChI is InChI=1S/C18H23NO4/c1-22-15-8-14(9-16(10-15)23-2)19-18(21)13-6-11-4-3-5-12(7-13)17(11)20/h8-13H,3-7H2,1-2H3,(H,19,21)/t11-,12-/m1/s1. The summed E-state index contributed by atoms with van der Waals surface area (Å²) in [7, 11) is 3.16. The second-order valence-corrected chi connectivity index (χ2v) is 6.49. The van der Waals surface area contributed by atoms with Gasteiger partial charge < -0.3 is 14.8 Å². The minimum Gasteiger partial charge on any atom is -0.497 e. The Bertz CT molecular complexity index is 575. The highest BCUT2D eigenvalue weighted by Crippen LogP contribution is 2.40. The van der Waals surface area contributed by atoms with Crippen LogP contribution in [0.3, 0.4) is 0 Å². The molecule has 0 saturated heterocycles. The average Bonchev–Trinajstić information content (AvgIpc) is 2.54. The van der Waals surface area contributed by atoms with Crippen LogP contribution in [0.15, 0.2) is 18.2 Å². The molecule has 2 atom stereocenters. The Balaban J connectivity index is 1.71. The minimum absolute atomic E-state index is 0.00953. The van der Waals surface area contributed by atoms with E-state index in [1.54, 1.807) is 32.4 Å². The SMILES string of the molecule is COc1cc(NC(=O)C2C[C@H]3CCC[C@H](C2)C3=O)cc(OC)c1. The topological polar surface area (TPSA) is 64.6 Å². The van der Waals surface area contributed by atoms with Gasteiger partial charge >= 0.3 is 0 Å². The zero-order valence-corrected chi connectivity index (χ0v) is 13.6. The van der Waals surface area contributed by atoms with Crippen molar-refractivity contribution in [3.05, 3.63) is 18.2 Å². The fourth-order valence-electron chi connectivity index (χ4n) is 3.82. The van der Waals surface area contributed by atoms with Crippen molar-refractivity contribution in [3.8, 4) is 11.5 Å². The summed E-state index contributed by atoms with van der Waals surface area (Å²) in [6, 6.07) is 5.31. The Kier molecular flexibility index (Phi) is 4.55. The first-order valence-electron chi connectivity index (χ1n) is 8.18. The van der Waals surface area contributed by atoms with Crippen molar-refractivity contribution >= 4 is 17.4 Å². The number of ketones is 1. The number of amides is 1. The molecule has 5 heteroatoms. The van der Waals surface area contributed by atoms with E-state index in [9.17, 15) is 9.59 Å². The number of carbonyl (C=O) groups excluding carboxylic acids is 2. The summed E-state index contributed by atoms with van der Waals surface area (Å²) >= 11 is 0. The summed E-state index contributed by atoms with van der Waals surface area (Å²) < 4.78 is 10.4. The van der Waals surface area contributed by atoms with E-state index in [1.807, 2.05) is 0 Å². The first-order valence-corrected chi connectivity index (χ1v) is 8.18. The van der Waals surface area contributed by atoms with E-state index in [-0.39, 0.29) is 23.7 Å². The first-order chi connectivity index (χ1) is 11.1. The lowest BCUT2D eigenvalue weighted by molar-refractivity contribution is -0.136. The summed E-state index contributed by atoms with van der Waals surface area (Å²) in [5.41, 5.74) is 0.660. The fraction of sp³-hybridized carbons (Fsp3) is 0.556. The molecule has 0 unspecified atom stereocenters. The minimum atomic E-state index is -0.0832. The number of anilines is 1. The Morgan fingerprint density at radius 2 is 1.61 bits per heavy atom. The smallest absolute Gasteiger partial charge is 0.227 e. The highest BCUT2D eigenvalue weighted by atomic mass is 16.5. The van der Waals surface area contributed by atoms with Gasteiger partial charge in [0, 0.05) is 41.6 Å². The number of hydrogen-bond acceptors (Lipinski definition) is 4. The highest BCUT2D eigenvalue weighted by Gasteiger charge is 2.41. The van der Waals surface area contributed by atoms with Crippen molar-refractivity contribution in [1.82, 2.24) is 0 Å². The Morgan fingerprint density at radius 3 is 2.13 bits per heavy atom. The Labute approximate surface area is 136 Å². The second-order valence-electron chi connectivity index (χ2n) is 6.49. The van der Waals surface area contributed by atoms with Crippen molar-refractivity contribution in [1.29, 1.82) is 0 Å². The fourth-order valence-corrected chi connectivity index (χ4v) is 3.82. The van der Waals surface area contributed by atoms with Crippen LogP contribution in [0, 0.1) is 17.8 Å². The van der Waals surface area contributed by atoms with Gasteiger partial charge in [0.2, 0.25) is 5.91 Å². The molecule has 0 aliphatic heterocycles. The van der Waals surface area contributed by atoms with Crippen molar-refractivity contribution in [2.24, 2.45) is 17.8 Å². The molecule has 2 saturated carbocycles. The molecule has 5 nitrogen and oxygen atoms in total. The summed E-state index contributed by atoms with van der Waals surface area (Å²) in [4.78, 5) is 24.7. The van der Waals surface area contributed by atoms with E-state index in [0.717, 1.165) is 19.3 Å². The van der Waals surface area contributed by atoms with Crippen molar-refractivity contribution in [3.63, 3.8) is 0 Å². The van der Waals surface area contributed by atoms with Crippen molar-refractivity contribution in [2.45, 2.75) is 32.1 Å². The van der Waals surface area contributed by atoms with Crippen LogP contribution < -0.4 is 14.8 Å². The maximum atomic E-state index is 12.6. The molecule has 2 aliphatic carbocycles. The van der Waals surface area contributed by atoms with E-state index in [1.165, 1.54) is 0 Å². The van der Waals surface area contributed by atoms with E-state index in [2.05, 4.69) is 5.32 Å². The van der Waals surface area contributed by atoms with Gasteiger partial charge in [0.1, 0.15) is 17.3 Å². The van der Waals surface area contributed by atoms with Gasteiger partial charge in [-0.15, -0.1) is 0 Å². The van der Waals surface area contributed by atoms with E-state index in [0.29, 0.717) is 35.8 Å². The molecule has 1 N–H and O–H groups in total. The predicted molar refractivity (Wildman–Crippen MR) is 86.7 cm³/mol. The zero-order valence-electron chi connectivity index (χ0n) is 13.6. The van der Waals surface area contributed by atoms with E-state index in [4.69, 9.17) is 9.47 Å². The maximum Gasteiger partial charge on any atom is 0.227 e. The lowest BCUT2D eigenvalue weighted by Gasteiger charge is -2.36. The maximum absolute atomic E-state index is 12.6. The van der Waals surface area contributed by atoms with Crippen LogP contribution in [0.5, 0.6) is 11.5 Å². The summed E-state index contributed by atoms with van der Waals surface area (Å²) in [5.74, 6) is 1.72. The molecule has 1 aromatic rings. The van der Waals surface area contributed by atoms with Crippen LogP contribution in [-0.2, 0) is 9.59 Å². The second kappa shape index (κ2) is 6.60. The Hall–Kier alpha value is -2.04. The van der Waals surface area contributed by atoms with Crippen LogP contribution in [0.25, 0.3) is 0 Å². The van der Waals surface area contributed by atoms with Crippen LogP contribution in [0.1, 0.15) is 32.1 Å². The van der Waals surface area contributed by atoms with Gasteiger partial charge in [-0.25, -0.2) is 0 Å². The number of benzene rings is 1. The molecule has 0 heterocycles. The molecular weight excluding hydrogens is 294 g/mol. The summed E-state index contributed by atoms with van der Waals surface area (Å²) in [6.07, 6.45) is 4.35. The molecular formula is C18H23NO4. The molecule has 2 bridgehead atoms. The van der Waals surface area contributed by atoms with Crippen molar-refractivity contribution in [2.75, 3.05) is 19.5 Å². The van der Waals surface area contributed by atoms with Gasteiger partial charge in [0.15, 0.2) is 0 Å². The van der Waals surface area contributed by atoms with Gasteiger partial charge in [0.25, 0.3) is 0 Å². The van der Waals surface area contributed by atoms with Gasteiger partial charge in [-0.2, -0.15) is 0 Å². The third-order valence-electron chi connectivity index (χ3n) is 5.04. The number of Topliss-reactive ketones (excluding diaryl/α,β-unsaturated/α-hetero) is 1. The largest absolute Gasteiger partial charge is 0.497 e.